The third-order valence-electron chi connectivity index (χ3n) is 4.92. The van der Waals surface area contributed by atoms with Crippen LogP contribution in [0.3, 0.4) is 0 Å². The third kappa shape index (κ3) is 6.19. The first kappa shape index (κ1) is 25.1. The van der Waals surface area contributed by atoms with E-state index >= 15 is 0 Å². The number of nitrogens with zero attached hydrogens (tertiary/aromatic N) is 2. The number of anilines is 1. The van der Waals surface area contributed by atoms with Crippen molar-refractivity contribution in [2.45, 2.75) is 25.9 Å². The first-order valence-corrected chi connectivity index (χ1v) is 11.8. The number of carbonyl (C=O) groups excluding carboxylic acids is 2. The average molecular weight is 466 g/mol. The molecular weight excluding hydrogens is 437 g/mol. The zero-order chi connectivity index (χ0) is 23.9. The standard InChI is InChI=1S/C22H28FN3O5S/c1-5-19(22(28)24-2)25(14-16-9-8-10-17(13-16)31-3)21(27)15-26(32(4,29)30)20-12-7-6-11-18(20)23/h6-13,19H,5,14-15H2,1-4H3,(H,24,28)/t19-/m0/s1. The Morgan fingerprint density at radius 3 is 2.41 bits per heavy atom. The molecule has 0 saturated heterocycles. The molecule has 2 amide bonds. The summed E-state index contributed by atoms with van der Waals surface area (Å²) in [5, 5.41) is 2.53. The summed E-state index contributed by atoms with van der Waals surface area (Å²) in [5.41, 5.74) is 0.453. The molecule has 1 atom stereocenters. The number of sulfonamides is 1. The van der Waals surface area contributed by atoms with Gasteiger partial charge in [-0.15, -0.1) is 0 Å². The molecule has 10 heteroatoms. The molecule has 0 aliphatic rings. The second-order valence-electron chi connectivity index (χ2n) is 7.13. The Labute approximate surface area is 188 Å². The van der Waals surface area contributed by atoms with E-state index in [1.165, 1.54) is 37.3 Å². The topological polar surface area (TPSA) is 96.0 Å². The van der Waals surface area contributed by atoms with Crippen LogP contribution in [0.25, 0.3) is 0 Å². The van der Waals surface area contributed by atoms with Crippen molar-refractivity contribution >= 4 is 27.5 Å². The van der Waals surface area contributed by atoms with Crippen LogP contribution in [0, 0.1) is 5.82 Å². The minimum atomic E-state index is -3.99. The van der Waals surface area contributed by atoms with E-state index in [9.17, 15) is 22.4 Å². The number of hydrogen-bond donors (Lipinski definition) is 1. The maximum atomic E-state index is 14.4. The lowest BCUT2D eigenvalue weighted by atomic mass is 10.1. The van der Waals surface area contributed by atoms with Crippen molar-refractivity contribution in [2.75, 3.05) is 31.3 Å². The van der Waals surface area contributed by atoms with Gasteiger partial charge in [0.25, 0.3) is 0 Å². The Morgan fingerprint density at radius 2 is 1.84 bits per heavy atom. The second kappa shape index (κ2) is 10.9. The van der Waals surface area contributed by atoms with Crippen molar-refractivity contribution in [2.24, 2.45) is 0 Å². The van der Waals surface area contributed by atoms with Crippen LogP contribution in [-0.4, -0.2) is 58.1 Å². The quantitative estimate of drug-likeness (QED) is 0.580. The molecular formula is C22H28FN3O5S. The second-order valence-corrected chi connectivity index (χ2v) is 9.04. The van der Waals surface area contributed by atoms with Gasteiger partial charge in [0.05, 0.1) is 19.1 Å². The van der Waals surface area contributed by atoms with Crippen molar-refractivity contribution < 1.29 is 27.1 Å². The van der Waals surface area contributed by atoms with Gasteiger partial charge in [-0.2, -0.15) is 0 Å². The molecule has 2 rings (SSSR count). The van der Waals surface area contributed by atoms with Crippen molar-refractivity contribution in [1.82, 2.24) is 10.2 Å². The lowest BCUT2D eigenvalue weighted by Gasteiger charge is -2.32. The molecule has 174 valence electrons. The molecule has 0 bridgehead atoms. The van der Waals surface area contributed by atoms with Crippen LogP contribution in [0.1, 0.15) is 18.9 Å². The summed E-state index contributed by atoms with van der Waals surface area (Å²) in [7, 11) is -1.01. The highest BCUT2D eigenvalue weighted by molar-refractivity contribution is 7.92. The van der Waals surface area contributed by atoms with Crippen LogP contribution in [-0.2, 0) is 26.2 Å². The highest BCUT2D eigenvalue weighted by atomic mass is 32.2. The molecule has 0 aliphatic heterocycles. The molecule has 0 fully saturated rings. The molecule has 0 heterocycles. The minimum Gasteiger partial charge on any atom is -0.497 e. The summed E-state index contributed by atoms with van der Waals surface area (Å²) in [4.78, 5) is 27.1. The first-order valence-electron chi connectivity index (χ1n) is 9.98. The number of nitrogens with one attached hydrogen (secondary N) is 1. The first-order chi connectivity index (χ1) is 15.1. The van der Waals surface area contributed by atoms with E-state index in [-0.39, 0.29) is 18.1 Å². The molecule has 2 aromatic carbocycles. The number of carbonyl (C=O) groups is 2. The number of hydrogen-bond acceptors (Lipinski definition) is 5. The van der Waals surface area contributed by atoms with Crippen LogP contribution < -0.4 is 14.4 Å². The molecule has 32 heavy (non-hydrogen) atoms. The molecule has 1 N–H and O–H groups in total. The van der Waals surface area contributed by atoms with E-state index in [2.05, 4.69) is 5.32 Å². The predicted octanol–water partition coefficient (Wildman–Crippen LogP) is 2.15. The molecule has 8 nitrogen and oxygen atoms in total. The molecule has 2 aromatic rings. The highest BCUT2D eigenvalue weighted by Gasteiger charge is 2.32. The summed E-state index contributed by atoms with van der Waals surface area (Å²) in [6.07, 6.45) is 1.20. The van der Waals surface area contributed by atoms with Gasteiger partial charge in [0.2, 0.25) is 21.8 Å². The Morgan fingerprint density at radius 1 is 1.16 bits per heavy atom. The Hall–Kier alpha value is -3.14. The van der Waals surface area contributed by atoms with Gasteiger partial charge in [0.15, 0.2) is 0 Å². The van der Waals surface area contributed by atoms with Crippen LogP contribution in [0.15, 0.2) is 48.5 Å². The molecule has 0 aromatic heterocycles. The van der Waals surface area contributed by atoms with Crippen molar-refractivity contribution in [3.05, 3.63) is 59.9 Å². The van der Waals surface area contributed by atoms with Gasteiger partial charge in [0, 0.05) is 13.6 Å². The zero-order valence-corrected chi connectivity index (χ0v) is 19.4. The van der Waals surface area contributed by atoms with E-state index in [0.29, 0.717) is 22.0 Å². The largest absolute Gasteiger partial charge is 0.497 e. The molecule has 0 aliphatic carbocycles. The minimum absolute atomic E-state index is 0.0385. The Kier molecular flexibility index (Phi) is 8.59. The number of methoxy groups -OCH3 is 1. The van der Waals surface area contributed by atoms with Gasteiger partial charge in [0.1, 0.15) is 24.2 Å². The van der Waals surface area contributed by atoms with Gasteiger partial charge < -0.3 is 15.0 Å². The lowest BCUT2D eigenvalue weighted by molar-refractivity contribution is -0.140. The van der Waals surface area contributed by atoms with Crippen molar-refractivity contribution in [1.29, 1.82) is 0 Å². The van der Waals surface area contributed by atoms with Crippen molar-refractivity contribution in [3.63, 3.8) is 0 Å². The predicted molar refractivity (Wildman–Crippen MR) is 120 cm³/mol. The smallest absolute Gasteiger partial charge is 0.244 e. The van der Waals surface area contributed by atoms with E-state index in [1.54, 1.807) is 31.2 Å². The fraction of sp³-hybridized carbons (Fsp3) is 0.364. The molecule has 0 spiro atoms. The molecule has 0 saturated carbocycles. The fourth-order valence-electron chi connectivity index (χ4n) is 3.30. The number of likely N-dealkylation sites (N-methyl/N-ethyl adjacent to an activating group) is 1. The number of ether oxygens (including phenoxy) is 1. The number of amides is 2. The maximum absolute atomic E-state index is 14.4. The fourth-order valence-corrected chi connectivity index (χ4v) is 4.15. The van der Waals surface area contributed by atoms with Gasteiger partial charge in [-0.25, -0.2) is 12.8 Å². The van der Waals surface area contributed by atoms with Crippen LogP contribution in [0.5, 0.6) is 5.75 Å². The van der Waals surface area contributed by atoms with Crippen LogP contribution in [0.2, 0.25) is 0 Å². The van der Waals surface area contributed by atoms with E-state index < -0.39 is 34.3 Å². The monoisotopic (exact) mass is 465 g/mol. The number of benzene rings is 2. The van der Waals surface area contributed by atoms with Crippen LogP contribution >= 0.6 is 0 Å². The highest BCUT2D eigenvalue weighted by Crippen LogP contribution is 2.23. The third-order valence-corrected chi connectivity index (χ3v) is 6.05. The van der Waals surface area contributed by atoms with E-state index in [0.717, 1.165) is 12.3 Å². The van der Waals surface area contributed by atoms with Crippen LogP contribution in [0.4, 0.5) is 10.1 Å². The summed E-state index contributed by atoms with van der Waals surface area (Å²) < 4.78 is 45.1. The summed E-state index contributed by atoms with van der Waals surface area (Å²) >= 11 is 0. The number of rotatable bonds is 10. The lowest BCUT2D eigenvalue weighted by Crippen LogP contribution is -2.51. The summed E-state index contributed by atoms with van der Waals surface area (Å²) in [6, 6.07) is 11.4. The summed E-state index contributed by atoms with van der Waals surface area (Å²) in [5.74, 6) is -1.23. The molecule has 0 unspecified atom stereocenters. The number of para-hydroxylation sites is 1. The Balaban J connectivity index is 2.45. The van der Waals surface area contributed by atoms with Gasteiger partial charge in [-0.05, 0) is 36.2 Å². The average Bonchev–Trinajstić information content (AvgIpc) is 2.76. The van der Waals surface area contributed by atoms with E-state index in [1.807, 2.05) is 0 Å². The Bertz CT molecular complexity index is 1060. The normalized spacial score (nSPS) is 12.0. The maximum Gasteiger partial charge on any atom is 0.244 e. The summed E-state index contributed by atoms with van der Waals surface area (Å²) in [6.45, 7) is 1.13. The van der Waals surface area contributed by atoms with Gasteiger partial charge in [-0.3, -0.25) is 13.9 Å². The number of halogens is 1. The molecule has 0 radical (unpaired) electrons. The van der Waals surface area contributed by atoms with Gasteiger partial charge >= 0.3 is 0 Å². The SMILES string of the molecule is CC[C@@H](C(=O)NC)N(Cc1cccc(OC)c1)C(=O)CN(c1ccccc1F)S(C)(=O)=O. The zero-order valence-electron chi connectivity index (χ0n) is 18.5. The van der Waals surface area contributed by atoms with E-state index in [4.69, 9.17) is 4.74 Å². The van der Waals surface area contributed by atoms with Crippen molar-refractivity contribution in [3.8, 4) is 5.75 Å². The van der Waals surface area contributed by atoms with Gasteiger partial charge in [-0.1, -0.05) is 31.2 Å².